The SMILES string of the molecule is CCOC(=O)[C@H](C)CNS(=O)(=O)c1ccc(F)cc1F. The lowest BCUT2D eigenvalue weighted by Gasteiger charge is -2.12. The molecular formula is C12H15F2NO4S. The van der Waals surface area contributed by atoms with Crippen LogP contribution in [0.5, 0.6) is 0 Å². The summed E-state index contributed by atoms with van der Waals surface area (Å²) in [5.41, 5.74) is 0. The molecule has 0 aromatic heterocycles. The summed E-state index contributed by atoms with van der Waals surface area (Å²) in [6.45, 7) is 3.05. The van der Waals surface area contributed by atoms with Gasteiger partial charge in [0.05, 0.1) is 12.5 Å². The van der Waals surface area contributed by atoms with Crippen LogP contribution in [0.1, 0.15) is 13.8 Å². The molecule has 0 unspecified atom stereocenters. The summed E-state index contributed by atoms with van der Waals surface area (Å²) in [4.78, 5) is 10.7. The van der Waals surface area contributed by atoms with Crippen LogP contribution in [0.2, 0.25) is 0 Å². The third-order valence-corrected chi connectivity index (χ3v) is 3.91. The second-order valence-corrected chi connectivity index (χ2v) is 5.82. The lowest BCUT2D eigenvalue weighted by atomic mass is 10.2. The second-order valence-electron chi connectivity index (χ2n) is 4.08. The first-order valence-electron chi connectivity index (χ1n) is 5.89. The van der Waals surface area contributed by atoms with Crippen LogP contribution in [0.15, 0.2) is 23.1 Å². The van der Waals surface area contributed by atoms with E-state index in [2.05, 4.69) is 4.72 Å². The number of nitrogens with one attached hydrogen (secondary N) is 1. The van der Waals surface area contributed by atoms with Crippen LogP contribution < -0.4 is 4.72 Å². The summed E-state index contributed by atoms with van der Waals surface area (Å²) in [5, 5.41) is 0. The highest BCUT2D eigenvalue weighted by Crippen LogP contribution is 2.15. The topological polar surface area (TPSA) is 72.5 Å². The molecule has 0 heterocycles. The van der Waals surface area contributed by atoms with Gasteiger partial charge in [-0.1, -0.05) is 6.92 Å². The molecule has 8 heteroatoms. The number of halogens is 2. The molecule has 5 nitrogen and oxygen atoms in total. The second kappa shape index (κ2) is 6.76. The minimum absolute atomic E-state index is 0.183. The number of carbonyl (C=O) groups is 1. The number of benzene rings is 1. The van der Waals surface area contributed by atoms with Crippen molar-refractivity contribution in [2.24, 2.45) is 5.92 Å². The molecule has 0 spiro atoms. The van der Waals surface area contributed by atoms with Crippen molar-refractivity contribution in [1.82, 2.24) is 4.72 Å². The van der Waals surface area contributed by atoms with E-state index >= 15 is 0 Å². The van der Waals surface area contributed by atoms with Crippen molar-refractivity contribution in [1.29, 1.82) is 0 Å². The van der Waals surface area contributed by atoms with E-state index in [0.717, 1.165) is 12.1 Å². The van der Waals surface area contributed by atoms with Crippen molar-refractivity contribution < 1.29 is 26.7 Å². The van der Waals surface area contributed by atoms with Crippen molar-refractivity contribution in [3.8, 4) is 0 Å². The lowest BCUT2D eigenvalue weighted by Crippen LogP contribution is -2.32. The van der Waals surface area contributed by atoms with E-state index < -0.39 is 38.4 Å². The quantitative estimate of drug-likeness (QED) is 0.807. The normalized spacial score (nSPS) is 13.0. The molecule has 20 heavy (non-hydrogen) atoms. The predicted octanol–water partition coefficient (Wildman–Crippen LogP) is 1.44. The standard InChI is InChI=1S/C12H15F2NO4S/c1-3-19-12(16)8(2)7-15-20(17,18)11-5-4-9(13)6-10(11)14/h4-6,8,15H,3,7H2,1-2H3/t8-/m1/s1. The molecule has 0 saturated heterocycles. The minimum Gasteiger partial charge on any atom is -0.466 e. The molecule has 0 amide bonds. The van der Waals surface area contributed by atoms with Crippen LogP contribution in [0.3, 0.4) is 0 Å². The molecule has 0 saturated carbocycles. The Balaban J connectivity index is 2.78. The third-order valence-electron chi connectivity index (χ3n) is 2.45. The highest BCUT2D eigenvalue weighted by atomic mass is 32.2. The molecule has 0 bridgehead atoms. The van der Waals surface area contributed by atoms with E-state index in [1.165, 1.54) is 6.92 Å². The Labute approximate surface area is 116 Å². The van der Waals surface area contributed by atoms with Gasteiger partial charge in [-0.15, -0.1) is 0 Å². The summed E-state index contributed by atoms with van der Waals surface area (Å²) < 4.78 is 56.6. The number of ether oxygens (including phenoxy) is 1. The molecule has 0 aliphatic rings. The van der Waals surface area contributed by atoms with Crippen molar-refractivity contribution >= 4 is 16.0 Å². The van der Waals surface area contributed by atoms with E-state index in [1.807, 2.05) is 0 Å². The summed E-state index contributed by atoms with van der Waals surface area (Å²) in [6, 6.07) is 2.14. The van der Waals surface area contributed by atoms with Crippen molar-refractivity contribution in [2.75, 3.05) is 13.2 Å². The summed E-state index contributed by atoms with van der Waals surface area (Å²) in [5.74, 6) is -3.34. The molecule has 1 rings (SSSR count). The first-order chi connectivity index (χ1) is 9.27. The number of hydrogen-bond acceptors (Lipinski definition) is 4. The Morgan fingerprint density at radius 2 is 2.05 bits per heavy atom. The van der Waals surface area contributed by atoms with Crippen LogP contribution in [0.25, 0.3) is 0 Å². The van der Waals surface area contributed by atoms with Crippen molar-refractivity contribution in [3.05, 3.63) is 29.8 Å². The van der Waals surface area contributed by atoms with Gasteiger partial charge < -0.3 is 4.74 Å². The van der Waals surface area contributed by atoms with Gasteiger partial charge in [0.15, 0.2) is 0 Å². The zero-order valence-corrected chi connectivity index (χ0v) is 11.8. The summed E-state index contributed by atoms with van der Waals surface area (Å²) in [6.07, 6.45) is 0. The maximum absolute atomic E-state index is 13.4. The van der Waals surface area contributed by atoms with Gasteiger partial charge in [-0.2, -0.15) is 0 Å². The van der Waals surface area contributed by atoms with E-state index in [1.54, 1.807) is 6.92 Å². The number of carbonyl (C=O) groups excluding carboxylic acids is 1. The highest BCUT2D eigenvalue weighted by Gasteiger charge is 2.22. The molecule has 1 N–H and O–H groups in total. The van der Waals surface area contributed by atoms with Gasteiger partial charge >= 0.3 is 5.97 Å². The van der Waals surface area contributed by atoms with E-state index in [4.69, 9.17) is 4.74 Å². The van der Waals surface area contributed by atoms with Gasteiger partial charge in [0, 0.05) is 12.6 Å². The monoisotopic (exact) mass is 307 g/mol. The maximum Gasteiger partial charge on any atom is 0.309 e. The van der Waals surface area contributed by atoms with Crippen LogP contribution in [-0.4, -0.2) is 27.5 Å². The summed E-state index contributed by atoms with van der Waals surface area (Å²) in [7, 11) is -4.15. The van der Waals surface area contributed by atoms with Crippen LogP contribution in [0, 0.1) is 17.6 Å². The average molecular weight is 307 g/mol. The van der Waals surface area contributed by atoms with Gasteiger partial charge in [0.1, 0.15) is 16.5 Å². The third kappa shape index (κ3) is 4.24. The fraction of sp³-hybridized carbons (Fsp3) is 0.417. The number of esters is 1. The van der Waals surface area contributed by atoms with Crippen LogP contribution >= 0.6 is 0 Å². The van der Waals surface area contributed by atoms with E-state index in [0.29, 0.717) is 6.07 Å². The minimum atomic E-state index is -4.15. The number of sulfonamides is 1. The van der Waals surface area contributed by atoms with Crippen LogP contribution in [-0.2, 0) is 19.6 Å². The largest absolute Gasteiger partial charge is 0.466 e. The fourth-order valence-electron chi connectivity index (χ4n) is 1.37. The average Bonchev–Trinajstić information content (AvgIpc) is 2.35. The molecular weight excluding hydrogens is 292 g/mol. The van der Waals surface area contributed by atoms with Crippen LogP contribution in [0.4, 0.5) is 8.78 Å². The van der Waals surface area contributed by atoms with Crippen molar-refractivity contribution in [3.63, 3.8) is 0 Å². The molecule has 0 aliphatic heterocycles. The zero-order chi connectivity index (χ0) is 15.3. The smallest absolute Gasteiger partial charge is 0.309 e. The van der Waals surface area contributed by atoms with Crippen molar-refractivity contribution in [2.45, 2.75) is 18.7 Å². The molecule has 0 fully saturated rings. The van der Waals surface area contributed by atoms with Gasteiger partial charge in [-0.25, -0.2) is 21.9 Å². The molecule has 1 aromatic rings. The van der Waals surface area contributed by atoms with E-state index in [9.17, 15) is 22.0 Å². The number of hydrogen-bond donors (Lipinski definition) is 1. The van der Waals surface area contributed by atoms with Gasteiger partial charge in [0.25, 0.3) is 0 Å². The fourth-order valence-corrected chi connectivity index (χ4v) is 2.56. The molecule has 112 valence electrons. The highest BCUT2D eigenvalue weighted by molar-refractivity contribution is 7.89. The maximum atomic E-state index is 13.4. The number of rotatable bonds is 6. The summed E-state index contributed by atoms with van der Waals surface area (Å²) >= 11 is 0. The first-order valence-corrected chi connectivity index (χ1v) is 7.37. The Hall–Kier alpha value is -1.54. The Kier molecular flexibility index (Phi) is 5.58. The zero-order valence-electron chi connectivity index (χ0n) is 11.0. The van der Waals surface area contributed by atoms with Gasteiger partial charge in [-0.05, 0) is 19.1 Å². The molecule has 0 radical (unpaired) electrons. The lowest BCUT2D eigenvalue weighted by molar-refractivity contribution is -0.147. The Bertz CT molecular complexity index is 589. The van der Waals surface area contributed by atoms with E-state index in [-0.39, 0.29) is 13.2 Å². The van der Waals surface area contributed by atoms with Gasteiger partial charge in [-0.3, -0.25) is 4.79 Å². The predicted molar refractivity (Wildman–Crippen MR) is 67.3 cm³/mol. The molecule has 1 aromatic carbocycles. The molecule has 1 atom stereocenters. The first kappa shape index (κ1) is 16.5. The molecule has 0 aliphatic carbocycles. The Morgan fingerprint density at radius 1 is 1.40 bits per heavy atom. The Morgan fingerprint density at radius 3 is 2.60 bits per heavy atom. The van der Waals surface area contributed by atoms with Gasteiger partial charge in [0.2, 0.25) is 10.0 Å².